The van der Waals surface area contributed by atoms with E-state index in [0.717, 1.165) is 51.4 Å². The fraction of sp³-hybridized carbons (Fsp3) is 0.935. The van der Waals surface area contributed by atoms with Crippen LogP contribution in [0.5, 0.6) is 0 Å². The highest BCUT2D eigenvalue weighted by Gasteiger charge is 2.27. The molecule has 0 radical (unpaired) electrons. The molecular formula is C46H93N2O6P. The van der Waals surface area contributed by atoms with Gasteiger partial charge in [-0.25, -0.2) is 4.57 Å². The fourth-order valence-electron chi connectivity index (χ4n) is 7.25. The summed E-state index contributed by atoms with van der Waals surface area (Å²) in [7, 11) is -4.32. The highest BCUT2D eigenvalue weighted by atomic mass is 31.2. The van der Waals surface area contributed by atoms with Gasteiger partial charge >= 0.3 is 7.82 Å². The maximum Gasteiger partial charge on any atom is 0.472 e. The predicted octanol–water partition coefficient (Wildman–Crippen LogP) is 13.6. The third kappa shape index (κ3) is 41.2. The van der Waals surface area contributed by atoms with Crippen LogP contribution in [0, 0.1) is 0 Å². The van der Waals surface area contributed by atoms with Crippen molar-refractivity contribution < 1.29 is 28.4 Å². The molecule has 55 heavy (non-hydrogen) atoms. The summed E-state index contributed by atoms with van der Waals surface area (Å²) >= 11 is 0. The molecule has 0 aliphatic heterocycles. The van der Waals surface area contributed by atoms with Crippen LogP contribution in [0.4, 0.5) is 0 Å². The Kier molecular flexibility index (Phi) is 42.2. The average molecular weight is 801 g/mol. The minimum atomic E-state index is -4.32. The predicted molar refractivity (Wildman–Crippen MR) is 235 cm³/mol. The first kappa shape index (κ1) is 54.2. The van der Waals surface area contributed by atoms with Crippen molar-refractivity contribution in [2.24, 2.45) is 5.73 Å². The quantitative estimate of drug-likeness (QED) is 0.0274. The molecule has 0 aliphatic rings. The molecule has 0 fully saturated rings. The Morgan fingerprint density at radius 1 is 0.582 bits per heavy atom. The molecule has 0 aromatic carbocycles. The van der Waals surface area contributed by atoms with E-state index in [4.69, 9.17) is 14.8 Å². The first-order valence-electron chi connectivity index (χ1n) is 23.8. The third-order valence-electron chi connectivity index (χ3n) is 10.9. The van der Waals surface area contributed by atoms with Crippen LogP contribution in [-0.4, -0.2) is 47.8 Å². The van der Waals surface area contributed by atoms with E-state index in [1.54, 1.807) is 0 Å². The van der Waals surface area contributed by atoms with Crippen LogP contribution in [-0.2, 0) is 18.4 Å². The zero-order chi connectivity index (χ0) is 40.3. The van der Waals surface area contributed by atoms with Gasteiger partial charge in [0.15, 0.2) is 0 Å². The summed E-state index contributed by atoms with van der Waals surface area (Å²) in [5, 5.41) is 13.8. The van der Waals surface area contributed by atoms with Gasteiger partial charge in [-0.3, -0.25) is 13.8 Å². The van der Waals surface area contributed by atoms with E-state index in [-0.39, 0.29) is 25.7 Å². The number of nitrogens with two attached hydrogens (primary N) is 1. The number of amides is 1. The molecule has 0 bridgehead atoms. The van der Waals surface area contributed by atoms with Gasteiger partial charge in [0.2, 0.25) is 5.91 Å². The molecule has 1 amide bonds. The minimum Gasteiger partial charge on any atom is -0.391 e. The molecule has 0 saturated carbocycles. The Hall–Kier alpha value is -0.760. The number of aliphatic hydroxyl groups excluding tert-OH is 1. The summed E-state index contributed by atoms with van der Waals surface area (Å²) in [5.74, 6) is -0.167. The van der Waals surface area contributed by atoms with Crippen molar-refractivity contribution in [2.45, 2.75) is 257 Å². The molecule has 3 unspecified atom stereocenters. The lowest BCUT2D eigenvalue weighted by molar-refractivity contribution is -0.123. The number of carbonyl (C=O) groups excluding carboxylic acids is 1. The molecule has 0 aliphatic carbocycles. The SMILES string of the molecule is CCCCCCCCC/C=C\CCCCCCCC(=O)NC(COP(=O)(O)OCCN)C(O)CCCCCCCCCCCCCCCCCCCCCC. The van der Waals surface area contributed by atoms with Crippen LogP contribution >= 0.6 is 7.82 Å². The normalized spacial score (nSPS) is 14.1. The topological polar surface area (TPSA) is 131 Å². The zero-order valence-corrected chi connectivity index (χ0v) is 37.3. The average Bonchev–Trinajstić information content (AvgIpc) is 3.17. The molecule has 5 N–H and O–H groups in total. The number of carbonyl (C=O) groups is 1. The molecule has 0 rings (SSSR count). The number of hydrogen-bond acceptors (Lipinski definition) is 6. The van der Waals surface area contributed by atoms with Crippen molar-refractivity contribution in [3.05, 3.63) is 12.2 Å². The smallest absolute Gasteiger partial charge is 0.391 e. The number of allylic oxidation sites excluding steroid dienone is 2. The van der Waals surface area contributed by atoms with Crippen LogP contribution in [0.1, 0.15) is 245 Å². The number of rotatable bonds is 45. The van der Waals surface area contributed by atoms with Gasteiger partial charge in [-0.15, -0.1) is 0 Å². The standard InChI is InChI=1S/C46H93N2O6P/c1-3-5-7-9-11-13-15-17-19-21-22-23-24-25-27-29-31-33-35-37-39-45(49)44(43-54-55(51,52)53-42-41-47)48-46(50)40-38-36-34-32-30-28-26-20-18-16-14-12-10-8-6-4-2/h20,26,44-45,49H,3-19,21-25,27-43,47H2,1-2H3,(H,48,50)(H,51,52)/b26-20-. The van der Waals surface area contributed by atoms with Crippen molar-refractivity contribution in [1.82, 2.24) is 5.32 Å². The van der Waals surface area contributed by atoms with Crippen LogP contribution in [0.25, 0.3) is 0 Å². The van der Waals surface area contributed by atoms with E-state index < -0.39 is 20.0 Å². The first-order chi connectivity index (χ1) is 26.9. The molecule has 0 heterocycles. The lowest BCUT2D eigenvalue weighted by Gasteiger charge is -2.25. The zero-order valence-electron chi connectivity index (χ0n) is 36.4. The Morgan fingerprint density at radius 2 is 0.945 bits per heavy atom. The van der Waals surface area contributed by atoms with Crippen LogP contribution in [0.2, 0.25) is 0 Å². The molecule has 3 atom stereocenters. The van der Waals surface area contributed by atoms with Crippen LogP contribution < -0.4 is 11.1 Å². The number of nitrogens with one attached hydrogen (secondary N) is 1. The summed E-state index contributed by atoms with van der Waals surface area (Å²) in [6.45, 7) is 4.23. The van der Waals surface area contributed by atoms with E-state index in [2.05, 4.69) is 31.3 Å². The third-order valence-corrected chi connectivity index (χ3v) is 11.9. The first-order valence-corrected chi connectivity index (χ1v) is 25.3. The van der Waals surface area contributed by atoms with Crippen molar-refractivity contribution >= 4 is 13.7 Å². The second-order valence-corrected chi connectivity index (χ2v) is 17.8. The molecule has 9 heteroatoms. The lowest BCUT2D eigenvalue weighted by atomic mass is 10.0. The minimum absolute atomic E-state index is 0.0894. The van der Waals surface area contributed by atoms with E-state index >= 15 is 0 Å². The van der Waals surface area contributed by atoms with Gasteiger partial charge in [-0.05, 0) is 38.5 Å². The number of unbranched alkanes of at least 4 members (excludes halogenated alkanes) is 31. The second kappa shape index (κ2) is 42.8. The molecule has 0 saturated heterocycles. The molecule has 8 nitrogen and oxygen atoms in total. The summed E-state index contributed by atoms with van der Waals surface area (Å²) in [6, 6.07) is -0.775. The molecule has 328 valence electrons. The van der Waals surface area contributed by atoms with Gasteiger partial charge < -0.3 is 21.1 Å². The Labute approximate surface area is 341 Å². The van der Waals surface area contributed by atoms with Crippen molar-refractivity contribution in [2.75, 3.05) is 19.8 Å². The molecular weight excluding hydrogens is 707 g/mol. The molecule has 0 aromatic heterocycles. The van der Waals surface area contributed by atoms with Crippen LogP contribution in [0.15, 0.2) is 12.2 Å². The second-order valence-electron chi connectivity index (χ2n) is 16.3. The molecule has 0 aromatic rings. The number of phosphoric ester groups is 1. The summed E-state index contributed by atoms with van der Waals surface area (Å²) in [4.78, 5) is 22.8. The van der Waals surface area contributed by atoms with E-state index in [0.29, 0.717) is 12.8 Å². The van der Waals surface area contributed by atoms with Gasteiger partial charge in [0.1, 0.15) is 0 Å². The van der Waals surface area contributed by atoms with Crippen LogP contribution in [0.3, 0.4) is 0 Å². The monoisotopic (exact) mass is 801 g/mol. The van der Waals surface area contributed by atoms with Crippen molar-refractivity contribution in [1.29, 1.82) is 0 Å². The Morgan fingerprint density at radius 3 is 1.35 bits per heavy atom. The summed E-state index contributed by atoms with van der Waals surface area (Å²) in [6.07, 6.45) is 47.9. The van der Waals surface area contributed by atoms with Gasteiger partial charge in [0, 0.05) is 13.0 Å². The van der Waals surface area contributed by atoms with Gasteiger partial charge in [0.25, 0.3) is 0 Å². The Balaban J connectivity index is 4.09. The van der Waals surface area contributed by atoms with Crippen molar-refractivity contribution in [3.8, 4) is 0 Å². The van der Waals surface area contributed by atoms with E-state index in [9.17, 15) is 19.4 Å². The lowest BCUT2D eigenvalue weighted by Crippen LogP contribution is -2.46. The largest absolute Gasteiger partial charge is 0.472 e. The summed E-state index contributed by atoms with van der Waals surface area (Å²) in [5.41, 5.74) is 5.39. The maximum absolute atomic E-state index is 12.8. The van der Waals surface area contributed by atoms with Gasteiger partial charge in [-0.1, -0.05) is 212 Å². The number of phosphoric acid groups is 1. The number of hydrogen-bond donors (Lipinski definition) is 4. The number of aliphatic hydroxyl groups is 1. The van der Waals surface area contributed by atoms with Gasteiger partial charge in [0.05, 0.1) is 25.4 Å². The van der Waals surface area contributed by atoms with Gasteiger partial charge in [-0.2, -0.15) is 0 Å². The highest BCUT2D eigenvalue weighted by molar-refractivity contribution is 7.47. The van der Waals surface area contributed by atoms with E-state index in [1.807, 2.05) is 0 Å². The highest BCUT2D eigenvalue weighted by Crippen LogP contribution is 2.43. The maximum atomic E-state index is 12.8. The van der Waals surface area contributed by atoms with E-state index in [1.165, 1.54) is 167 Å². The Bertz CT molecular complexity index is 875. The molecule has 0 spiro atoms. The summed E-state index contributed by atoms with van der Waals surface area (Å²) < 4.78 is 22.2. The van der Waals surface area contributed by atoms with Crippen molar-refractivity contribution in [3.63, 3.8) is 0 Å². The fourth-order valence-corrected chi connectivity index (χ4v) is 8.01.